The molecule has 2 heteroatoms. The van der Waals surface area contributed by atoms with Gasteiger partial charge in [0.2, 0.25) is 0 Å². The quantitative estimate of drug-likeness (QED) is 0.581. The van der Waals surface area contributed by atoms with Crippen LogP contribution in [0.25, 0.3) is 0 Å². The lowest BCUT2D eigenvalue weighted by Gasteiger charge is -2.32. The van der Waals surface area contributed by atoms with Crippen molar-refractivity contribution in [2.45, 2.75) is 32.7 Å². The minimum Gasteiger partial charge on any atom is -0.306 e. The third-order valence-corrected chi connectivity index (χ3v) is 3.95. The fourth-order valence-electron chi connectivity index (χ4n) is 2.90. The molecule has 0 aliphatic carbocycles. The number of hydrogen-bond acceptors (Lipinski definition) is 2. The van der Waals surface area contributed by atoms with Gasteiger partial charge < -0.3 is 4.90 Å². The predicted molar refractivity (Wildman–Crippen MR) is 60.4 cm³/mol. The van der Waals surface area contributed by atoms with Gasteiger partial charge in [-0.1, -0.05) is 0 Å². The first-order valence-electron chi connectivity index (χ1n) is 5.90. The van der Waals surface area contributed by atoms with Gasteiger partial charge >= 0.3 is 0 Å². The van der Waals surface area contributed by atoms with E-state index in [9.17, 15) is 0 Å². The Morgan fingerprint density at radius 2 is 1.64 bits per heavy atom. The molecule has 0 spiro atoms. The van der Waals surface area contributed by atoms with Crippen molar-refractivity contribution in [3.05, 3.63) is 0 Å². The molecular weight excluding hydrogens is 172 g/mol. The molecule has 0 radical (unpaired) electrons. The minimum absolute atomic E-state index is 0.371. The van der Waals surface area contributed by atoms with Crippen LogP contribution in [0.2, 0.25) is 0 Å². The first kappa shape index (κ1) is 10.4. The third-order valence-electron chi connectivity index (χ3n) is 3.95. The van der Waals surface area contributed by atoms with E-state index in [0.29, 0.717) is 5.54 Å². The molecule has 0 bridgehead atoms. The van der Waals surface area contributed by atoms with Crippen molar-refractivity contribution in [2.75, 3.05) is 33.2 Å². The molecule has 82 valence electrons. The molecule has 2 nitrogen and oxygen atoms in total. The second-order valence-electron chi connectivity index (χ2n) is 6.15. The number of likely N-dealkylation sites (tertiary alicyclic amines) is 2. The molecule has 14 heavy (non-hydrogen) atoms. The van der Waals surface area contributed by atoms with Crippen LogP contribution < -0.4 is 0 Å². The van der Waals surface area contributed by atoms with Crippen molar-refractivity contribution in [3.8, 4) is 0 Å². The summed E-state index contributed by atoms with van der Waals surface area (Å²) in [7, 11) is 2.26. The van der Waals surface area contributed by atoms with Crippen LogP contribution in [0.15, 0.2) is 0 Å². The molecule has 2 rings (SSSR count). The molecule has 0 amide bonds. The van der Waals surface area contributed by atoms with Gasteiger partial charge in [0.15, 0.2) is 0 Å². The highest BCUT2D eigenvalue weighted by Crippen LogP contribution is 2.34. The highest BCUT2D eigenvalue weighted by atomic mass is 15.2. The Morgan fingerprint density at radius 3 is 2.29 bits per heavy atom. The van der Waals surface area contributed by atoms with E-state index in [1.54, 1.807) is 0 Å². The summed E-state index contributed by atoms with van der Waals surface area (Å²) in [4.78, 5) is 5.16. The fourth-order valence-corrected chi connectivity index (χ4v) is 2.90. The van der Waals surface area contributed by atoms with E-state index in [-0.39, 0.29) is 0 Å². The summed E-state index contributed by atoms with van der Waals surface area (Å²) >= 11 is 0. The van der Waals surface area contributed by atoms with Gasteiger partial charge in [-0.3, -0.25) is 4.90 Å². The van der Waals surface area contributed by atoms with Crippen LogP contribution in [0, 0.1) is 11.8 Å². The maximum absolute atomic E-state index is 2.67. The standard InChI is InChI=1S/C12H24N2/c1-12(2,3)14-8-10-5-6-13(4)7-11(10)9-14/h10-11H,5-9H2,1-4H3. The summed E-state index contributed by atoms with van der Waals surface area (Å²) in [6.07, 6.45) is 1.41. The molecule has 2 fully saturated rings. The molecule has 0 aromatic rings. The summed E-state index contributed by atoms with van der Waals surface area (Å²) in [6.45, 7) is 12.3. The SMILES string of the molecule is CN1CCC2CN(C(C)(C)C)CC2C1. The second kappa shape index (κ2) is 3.49. The predicted octanol–water partition coefficient (Wildman–Crippen LogP) is 1.67. The average molecular weight is 196 g/mol. The summed E-state index contributed by atoms with van der Waals surface area (Å²) in [5.74, 6) is 1.92. The molecular formula is C12H24N2. The Kier molecular flexibility index (Phi) is 2.61. The Labute approximate surface area is 88.3 Å². The largest absolute Gasteiger partial charge is 0.306 e. The van der Waals surface area contributed by atoms with Crippen LogP contribution in [0.4, 0.5) is 0 Å². The van der Waals surface area contributed by atoms with Gasteiger partial charge in [0, 0.05) is 25.2 Å². The Bertz CT molecular complexity index is 207. The van der Waals surface area contributed by atoms with Crippen molar-refractivity contribution in [2.24, 2.45) is 11.8 Å². The summed E-state index contributed by atoms with van der Waals surface area (Å²) in [5.41, 5.74) is 0.371. The van der Waals surface area contributed by atoms with Gasteiger partial charge in [0.1, 0.15) is 0 Å². The molecule has 0 aromatic heterocycles. The van der Waals surface area contributed by atoms with Crippen LogP contribution in [0.1, 0.15) is 27.2 Å². The summed E-state index contributed by atoms with van der Waals surface area (Å²) in [5, 5.41) is 0. The van der Waals surface area contributed by atoms with Crippen molar-refractivity contribution in [1.29, 1.82) is 0 Å². The first-order chi connectivity index (χ1) is 6.47. The number of rotatable bonds is 0. The number of fused-ring (bicyclic) bond motifs is 1. The molecule has 2 saturated heterocycles. The normalized spacial score (nSPS) is 36.0. The lowest BCUT2D eigenvalue weighted by atomic mass is 9.89. The summed E-state index contributed by atoms with van der Waals surface area (Å²) in [6, 6.07) is 0. The lowest BCUT2D eigenvalue weighted by Crippen LogP contribution is -2.40. The van der Waals surface area contributed by atoms with E-state index in [1.807, 2.05) is 0 Å². The number of piperidine rings is 1. The molecule has 2 aliphatic rings. The zero-order chi connectivity index (χ0) is 10.3. The Balaban J connectivity index is 1.99. The van der Waals surface area contributed by atoms with Crippen molar-refractivity contribution in [3.63, 3.8) is 0 Å². The van der Waals surface area contributed by atoms with Crippen molar-refractivity contribution < 1.29 is 0 Å². The van der Waals surface area contributed by atoms with Gasteiger partial charge in [-0.2, -0.15) is 0 Å². The monoisotopic (exact) mass is 196 g/mol. The topological polar surface area (TPSA) is 6.48 Å². The highest BCUT2D eigenvalue weighted by Gasteiger charge is 2.39. The zero-order valence-corrected chi connectivity index (χ0v) is 10.1. The number of hydrogen-bond donors (Lipinski definition) is 0. The molecule has 2 atom stereocenters. The Morgan fingerprint density at radius 1 is 1.00 bits per heavy atom. The van der Waals surface area contributed by atoms with Crippen LogP contribution in [0.5, 0.6) is 0 Å². The molecule has 2 aliphatic heterocycles. The van der Waals surface area contributed by atoms with Crippen LogP contribution in [0.3, 0.4) is 0 Å². The maximum Gasteiger partial charge on any atom is 0.0125 e. The van der Waals surface area contributed by atoms with Crippen molar-refractivity contribution in [1.82, 2.24) is 9.80 Å². The maximum atomic E-state index is 2.67. The number of nitrogens with zero attached hydrogens (tertiary/aromatic N) is 2. The first-order valence-corrected chi connectivity index (χ1v) is 5.90. The summed E-state index contributed by atoms with van der Waals surface area (Å²) < 4.78 is 0. The van der Waals surface area contributed by atoms with Crippen LogP contribution in [-0.2, 0) is 0 Å². The minimum atomic E-state index is 0.371. The van der Waals surface area contributed by atoms with E-state index in [1.165, 1.54) is 32.6 Å². The smallest absolute Gasteiger partial charge is 0.0125 e. The molecule has 2 unspecified atom stereocenters. The van der Waals surface area contributed by atoms with E-state index < -0.39 is 0 Å². The molecule has 0 N–H and O–H groups in total. The van der Waals surface area contributed by atoms with Crippen LogP contribution in [-0.4, -0.2) is 48.6 Å². The van der Waals surface area contributed by atoms with E-state index in [4.69, 9.17) is 0 Å². The lowest BCUT2D eigenvalue weighted by molar-refractivity contribution is 0.163. The van der Waals surface area contributed by atoms with Crippen molar-refractivity contribution >= 4 is 0 Å². The van der Waals surface area contributed by atoms with Gasteiger partial charge in [-0.15, -0.1) is 0 Å². The fraction of sp³-hybridized carbons (Fsp3) is 1.00. The van der Waals surface area contributed by atoms with Gasteiger partial charge in [0.05, 0.1) is 0 Å². The zero-order valence-electron chi connectivity index (χ0n) is 10.1. The van der Waals surface area contributed by atoms with E-state index >= 15 is 0 Å². The third kappa shape index (κ3) is 1.96. The van der Waals surface area contributed by atoms with E-state index in [0.717, 1.165) is 11.8 Å². The van der Waals surface area contributed by atoms with Gasteiger partial charge in [-0.25, -0.2) is 0 Å². The van der Waals surface area contributed by atoms with Crippen LogP contribution >= 0.6 is 0 Å². The average Bonchev–Trinajstić information content (AvgIpc) is 2.45. The highest BCUT2D eigenvalue weighted by molar-refractivity contribution is 4.93. The Hall–Kier alpha value is -0.0800. The molecule has 0 saturated carbocycles. The van der Waals surface area contributed by atoms with Gasteiger partial charge in [-0.05, 0) is 52.6 Å². The molecule has 0 aromatic carbocycles. The van der Waals surface area contributed by atoms with Gasteiger partial charge in [0.25, 0.3) is 0 Å². The second-order valence-corrected chi connectivity index (χ2v) is 6.15. The molecule has 2 heterocycles. The van der Waals surface area contributed by atoms with E-state index in [2.05, 4.69) is 37.6 Å².